The van der Waals surface area contributed by atoms with Crippen LogP contribution in [0.4, 0.5) is 0 Å². The van der Waals surface area contributed by atoms with Gasteiger partial charge in [0.25, 0.3) is 0 Å². The Morgan fingerprint density at radius 3 is 2.54 bits per heavy atom. The molecule has 0 unspecified atom stereocenters. The van der Waals surface area contributed by atoms with Crippen LogP contribution in [-0.4, -0.2) is 41.5 Å². The van der Waals surface area contributed by atoms with E-state index in [9.17, 15) is 9.59 Å². The minimum atomic E-state index is -0.878. The Bertz CT molecular complexity index is 995. The van der Waals surface area contributed by atoms with Gasteiger partial charge in [-0.15, -0.1) is 0 Å². The summed E-state index contributed by atoms with van der Waals surface area (Å²) in [5.74, 6) is -0.435. The molecule has 7 heteroatoms. The molecule has 7 nitrogen and oxygen atoms in total. The molecule has 0 N–H and O–H groups in total. The summed E-state index contributed by atoms with van der Waals surface area (Å²) in [5.41, 5.74) is 2.27. The third-order valence-electron chi connectivity index (χ3n) is 4.45. The number of rotatable bonds is 5. The molecule has 142 valence electrons. The van der Waals surface area contributed by atoms with Gasteiger partial charge in [-0.1, -0.05) is 18.2 Å². The summed E-state index contributed by atoms with van der Waals surface area (Å²) in [6.45, 7) is 0.255. The Kier molecular flexibility index (Phi) is 4.80. The monoisotopic (exact) mass is 378 g/mol. The van der Waals surface area contributed by atoms with Crippen molar-refractivity contribution in [2.45, 2.75) is 12.5 Å². The highest BCUT2D eigenvalue weighted by atomic mass is 16.6. The standard InChI is InChI=1S/C21H18N2O5/c1-26-16-9-7-14(8-10-16)19-17(20(24)28-18-11-12-27-21(18)25)13-23(22-19)15-5-3-2-4-6-15/h2-10,13,18H,11-12H2,1H3/t18-/m0/s1. The van der Waals surface area contributed by atoms with E-state index in [4.69, 9.17) is 14.2 Å². The smallest absolute Gasteiger partial charge is 0.347 e. The summed E-state index contributed by atoms with van der Waals surface area (Å²) in [6, 6.07) is 16.7. The molecule has 1 saturated heterocycles. The topological polar surface area (TPSA) is 79.7 Å². The van der Waals surface area contributed by atoms with Gasteiger partial charge in [0.2, 0.25) is 6.10 Å². The number of hydrogen-bond donors (Lipinski definition) is 0. The molecule has 0 saturated carbocycles. The van der Waals surface area contributed by atoms with Crippen molar-refractivity contribution in [2.75, 3.05) is 13.7 Å². The van der Waals surface area contributed by atoms with E-state index in [2.05, 4.69) is 5.10 Å². The number of carbonyl (C=O) groups excluding carboxylic acids is 2. The quantitative estimate of drug-likeness (QED) is 0.635. The first-order valence-electron chi connectivity index (χ1n) is 8.83. The van der Waals surface area contributed by atoms with E-state index < -0.39 is 18.0 Å². The molecule has 0 radical (unpaired) electrons. The summed E-state index contributed by atoms with van der Waals surface area (Å²) < 4.78 is 17.0. The number of esters is 2. The Morgan fingerprint density at radius 1 is 1.14 bits per heavy atom. The van der Waals surface area contributed by atoms with Gasteiger partial charge in [-0.3, -0.25) is 0 Å². The average Bonchev–Trinajstić information content (AvgIpc) is 3.35. The van der Waals surface area contributed by atoms with Gasteiger partial charge in [0.1, 0.15) is 17.0 Å². The van der Waals surface area contributed by atoms with Gasteiger partial charge in [0.05, 0.1) is 19.4 Å². The molecular weight excluding hydrogens is 360 g/mol. The Morgan fingerprint density at radius 2 is 1.89 bits per heavy atom. The highest BCUT2D eigenvalue weighted by Crippen LogP contribution is 2.27. The maximum Gasteiger partial charge on any atom is 0.347 e. The molecular formula is C21H18N2O5. The number of cyclic esters (lactones) is 1. The summed E-state index contributed by atoms with van der Waals surface area (Å²) in [4.78, 5) is 24.5. The van der Waals surface area contributed by atoms with Crippen molar-refractivity contribution < 1.29 is 23.8 Å². The van der Waals surface area contributed by atoms with Crippen LogP contribution in [-0.2, 0) is 14.3 Å². The fraction of sp³-hybridized carbons (Fsp3) is 0.190. The molecule has 0 aliphatic carbocycles. The lowest BCUT2D eigenvalue weighted by atomic mass is 10.1. The van der Waals surface area contributed by atoms with Crippen LogP contribution in [0.2, 0.25) is 0 Å². The highest BCUT2D eigenvalue weighted by Gasteiger charge is 2.32. The van der Waals surface area contributed by atoms with Crippen LogP contribution in [0.3, 0.4) is 0 Å². The fourth-order valence-corrected chi connectivity index (χ4v) is 2.98. The number of carbonyl (C=O) groups is 2. The summed E-state index contributed by atoms with van der Waals surface area (Å²) in [6.07, 6.45) is 1.09. The number of nitrogens with zero attached hydrogens (tertiary/aromatic N) is 2. The average molecular weight is 378 g/mol. The molecule has 0 amide bonds. The molecule has 1 fully saturated rings. The highest BCUT2D eigenvalue weighted by molar-refractivity contribution is 5.97. The lowest BCUT2D eigenvalue weighted by Crippen LogP contribution is -2.22. The minimum Gasteiger partial charge on any atom is -0.497 e. The van der Waals surface area contributed by atoms with Crippen LogP contribution in [0.25, 0.3) is 16.9 Å². The maximum atomic E-state index is 12.8. The van der Waals surface area contributed by atoms with Crippen LogP contribution in [0, 0.1) is 0 Å². The predicted octanol–water partition coefficient (Wildman–Crippen LogP) is 3.02. The molecule has 4 rings (SSSR count). The Labute approximate surface area is 161 Å². The van der Waals surface area contributed by atoms with E-state index in [1.54, 1.807) is 30.1 Å². The Balaban J connectivity index is 1.72. The lowest BCUT2D eigenvalue weighted by molar-refractivity contribution is -0.145. The van der Waals surface area contributed by atoms with Crippen LogP contribution in [0.15, 0.2) is 60.8 Å². The van der Waals surface area contributed by atoms with Crippen molar-refractivity contribution in [1.29, 1.82) is 0 Å². The van der Waals surface area contributed by atoms with Gasteiger partial charge < -0.3 is 14.2 Å². The SMILES string of the molecule is COc1ccc(-c2nn(-c3ccccc3)cc2C(=O)O[C@H]2CCOC2=O)cc1. The second-order valence-corrected chi connectivity index (χ2v) is 6.25. The number of benzene rings is 2. The first-order chi connectivity index (χ1) is 13.7. The van der Waals surface area contributed by atoms with Gasteiger partial charge >= 0.3 is 11.9 Å². The molecule has 3 aromatic rings. The first kappa shape index (κ1) is 17.8. The Hall–Kier alpha value is -3.61. The molecule has 1 aromatic heterocycles. The van der Waals surface area contributed by atoms with Gasteiger partial charge in [0, 0.05) is 18.2 Å². The largest absolute Gasteiger partial charge is 0.497 e. The molecule has 2 heterocycles. The van der Waals surface area contributed by atoms with Crippen molar-refractivity contribution in [3.8, 4) is 22.7 Å². The zero-order chi connectivity index (χ0) is 19.5. The molecule has 1 atom stereocenters. The first-order valence-corrected chi connectivity index (χ1v) is 8.83. The summed E-state index contributed by atoms with van der Waals surface area (Å²) >= 11 is 0. The number of hydrogen-bond acceptors (Lipinski definition) is 6. The molecule has 0 bridgehead atoms. The lowest BCUT2D eigenvalue weighted by Gasteiger charge is -2.08. The molecule has 1 aliphatic rings. The normalized spacial score (nSPS) is 15.9. The zero-order valence-electron chi connectivity index (χ0n) is 15.2. The predicted molar refractivity (Wildman–Crippen MR) is 100 cm³/mol. The third kappa shape index (κ3) is 3.46. The van der Waals surface area contributed by atoms with Crippen molar-refractivity contribution in [1.82, 2.24) is 9.78 Å². The van der Waals surface area contributed by atoms with Crippen molar-refractivity contribution in [3.05, 3.63) is 66.4 Å². The second kappa shape index (κ2) is 7.56. The third-order valence-corrected chi connectivity index (χ3v) is 4.45. The van der Waals surface area contributed by atoms with Gasteiger partial charge in [-0.05, 0) is 36.4 Å². The second-order valence-electron chi connectivity index (χ2n) is 6.25. The van der Waals surface area contributed by atoms with E-state index >= 15 is 0 Å². The van der Waals surface area contributed by atoms with Gasteiger partial charge in [-0.2, -0.15) is 5.10 Å². The zero-order valence-corrected chi connectivity index (χ0v) is 15.2. The number of methoxy groups -OCH3 is 1. The fourth-order valence-electron chi connectivity index (χ4n) is 2.98. The number of ether oxygens (including phenoxy) is 3. The van der Waals surface area contributed by atoms with Crippen LogP contribution >= 0.6 is 0 Å². The number of para-hydroxylation sites is 1. The van der Waals surface area contributed by atoms with Crippen molar-refractivity contribution in [3.63, 3.8) is 0 Å². The number of aromatic nitrogens is 2. The molecule has 2 aromatic carbocycles. The minimum absolute atomic E-state index is 0.255. The van der Waals surface area contributed by atoms with E-state index in [0.29, 0.717) is 17.9 Å². The van der Waals surface area contributed by atoms with E-state index in [0.717, 1.165) is 11.3 Å². The molecule has 1 aliphatic heterocycles. The van der Waals surface area contributed by atoms with Crippen molar-refractivity contribution >= 4 is 11.9 Å². The van der Waals surface area contributed by atoms with Crippen LogP contribution in [0.1, 0.15) is 16.8 Å². The molecule has 0 spiro atoms. The van der Waals surface area contributed by atoms with E-state index in [1.165, 1.54) is 0 Å². The van der Waals surface area contributed by atoms with Gasteiger partial charge in [0.15, 0.2) is 0 Å². The summed E-state index contributed by atoms with van der Waals surface area (Å²) in [5, 5.41) is 4.58. The van der Waals surface area contributed by atoms with E-state index in [-0.39, 0.29) is 12.2 Å². The summed E-state index contributed by atoms with van der Waals surface area (Å²) in [7, 11) is 1.59. The van der Waals surface area contributed by atoms with Crippen molar-refractivity contribution in [2.24, 2.45) is 0 Å². The molecule has 28 heavy (non-hydrogen) atoms. The van der Waals surface area contributed by atoms with Gasteiger partial charge in [-0.25, -0.2) is 14.3 Å². The van der Waals surface area contributed by atoms with Crippen LogP contribution < -0.4 is 4.74 Å². The van der Waals surface area contributed by atoms with E-state index in [1.807, 2.05) is 42.5 Å². The van der Waals surface area contributed by atoms with Crippen LogP contribution in [0.5, 0.6) is 5.75 Å². The maximum absolute atomic E-state index is 12.8.